The van der Waals surface area contributed by atoms with Crippen LogP contribution in [0.1, 0.15) is 44.7 Å². The van der Waals surface area contributed by atoms with Crippen LogP contribution >= 0.6 is 11.6 Å². The molecule has 1 aliphatic carbocycles. The molecule has 35 heavy (non-hydrogen) atoms. The topological polar surface area (TPSA) is 105 Å². The van der Waals surface area contributed by atoms with Crippen LogP contribution in [0.4, 0.5) is 17.1 Å². The van der Waals surface area contributed by atoms with Crippen molar-refractivity contribution in [2.75, 3.05) is 16.8 Å². The predicted molar refractivity (Wildman–Crippen MR) is 134 cm³/mol. The number of nitro benzene ring substituents is 1. The summed E-state index contributed by atoms with van der Waals surface area (Å²) in [5.41, 5.74) is 4.01. The summed E-state index contributed by atoms with van der Waals surface area (Å²) in [6, 6.07) is 17.6. The maximum absolute atomic E-state index is 13.1. The molecule has 0 radical (unpaired) electrons. The molecule has 0 bridgehead atoms. The molecule has 0 spiro atoms. The number of nitro groups is 1. The first-order chi connectivity index (χ1) is 16.9. The number of fused-ring (bicyclic) bond motifs is 1. The van der Waals surface area contributed by atoms with Crippen LogP contribution in [-0.4, -0.2) is 29.3 Å². The lowest BCUT2D eigenvalue weighted by Crippen LogP contribution is -2.33. The molecule has 2 amide bonds. The van der Waals surface area contributed by atoms with Crippen molar-refractivity contribution in [1.82, 2.24) is 5.32 Å². The van der Waals surface area contributed by atoms with E-state index < -0.39 is 10.8 Å². The number of amides is 2. The third-order valence-corrected chi connectivity index (χ3v) is 6.61. The van der Waals surface area contributed by atoms with Crippen LogP contribution in [0, 0.1) is 10.1 Å². The van der Waals surface area contributed by atoms with Gasteiger partial charge in [-0.15, -0.1) is 0 Å². The molecule has 8 nitrogen and oxygen atoms in total. The number of carbonyl (C=O) groups excluding carboxylic acids is 2. The van der Waals surface area contributed by atoms with Crippen molar-refractivity contribution >= 4 is 40.5 Å². The molecule has 3 aromatic rings. The zero-order valence-corrected chi connectivity index (χ0v) is 19.5. The van der Waals surface area contributed by atoms with Gasteiger partial charge in [0.05, 0.1) is 10.5 Å². The van der Waals surface area contributed by atoms with E-state index in [4.69, 9.17) is 11.6 Å². The van der Waals surface area contributed by atoms with Crippen LogP contribution in [0.2, 0.25) is 5.02 Å². The Morgan fingerprint density at radius 1 is 1.00 bits per heavy atom. The van der Waals surface area contributed by atoms with Gasteiger partial charge in [0, 0.05) is 42.1 Å². The molecule has 0 atom stereocenters. The maximum Gasteiger partial charge on any atom is 0.288 e. The van der Waals surface area contributed by atoms with Crippen LogP contribution in [0.15, 0.2) is 60.7 Å². The van der Waals surface area contributed by atoms with Crippen LogP contribution in [0.3, 0.4) is 0 Å². The van der Waals surface area contributed by atoms with Gasteiger partial charge >= 0.3 is 0 Å². The normalized spacial score (nSPS) is 14.7. The van der Waals surface area contributed by atoms with Gasteiger partial charge in [-0.2, -0.15) is 0 Å². The number of halogens is 1. The van der Waals surface area contributed by atoms with E-state index in [0.29, 0.717) is 17.8 Å². The lowest BCUT2D eigenvalue weighted by molar-refractivity contribution is -0.384. The van der Waals surface area contributed by atoms with Gasteiger partial charge in [-0.1, -0.05) is 35.9 Å². The smallest absolute Gasteiger partial charge is 0.288 e. The second-order valence-electron chi connectivity index (χ2n) is 8.80. The Hall–Kier alpha value is -3.91. The van der Waals surface area contributed by atoms with E-state index in [1.165, 1.54) is 23.3 Å². The van der Waals surface area contributed by atoms with E-state index in [-0.39, 0.29) is 28.2 Å². The van der Waals surface area contributed by atoms with Crippen molar-refractivity contribution in [3.8, 4) is 0 Å². The van der Waals surface area contributed by atoms with Gasteiger partial charge in [-0.3, -0.25) is 19.7 Å². The number of nitrogens with one attached hydrogen (secondary N) is 2. The van der Waals surface area contributed by atoms with E-state index in [1.807, 2.05) is 18.2 Å². The highest BCUT2D eigenvalue weighted by atomic mass is 35.5. The Labute approximate surface area is 207 Å². The summed E-state index contributed by atoms with van der Waals surface area (Å²) in [6.45, 7) is 1.47. The predicted octanol–water partition coefficient (Wildman–Crippen LogP) is 4.96. The fraction of sp³-hybridized carbons (Fsp3) is 0.231. The van der Waals surface area contributed by atoms with Gasteiger partial charge < -0.3 is 15.5 Å². The van der Waals surface area contributed by atoms with E-state index in [1.54, 1.807) is 12.1 Å². The van der Waals surface area contributed by atoms with E-state index in [2.05, 4.69) is 27.7 Å². The third kappa shape index (κ3) is 4.97. The van der Waals surface area contributed by atoms with Crippen LogP contribution in [-0.2, 0) is 13.0 Å². The Morgan fingerprint density at radius 3 is 2.51 bits per heavy atom. The number of nitrogens with zero attached hydrogens (tertiary/aromatic N) is 2. The van der Waals surface area contributed by atoms with Crippen molar-refractivity contribution in [1.29, 1.82) is 0 Å². The number of rotatable bonds is 6. The summed E-state index contributed by atoms with van der Waals surface area (Å²) in [7, 11) is 0. The Balaban J connectivity index is 1.42. The van der Waals surface area contributed by atoms with Gasteiger partial charge in [0.25, 0.3) is 17.5 Å². The molecule has 178 valence electrons. The fourth-order valence-electron chi connectivity index (χ4n) is 4.26. The summed E-state index contributed by atoms with van der Waals surface area (Å²) >= 11 is 5.86. The first kappa shape index (κ1) is 22.9. The standard InChI is InChI=1S/C26H23ClN4O4/c27-22-9-5-17(13-24(22)31(34)35)25(32)29-20-8-10-23(21(14-20)26(33)28-19-6-7-19)30-12-11-16-3-1-2-4-18(16)15-30/h1-5,8-10,13-14,19H,6-7,11-12,15H2,(H,28,33)(H,29,32). The summed E-state index contributed by atoms with van der Waals surface area (Å²) in [5, 5.41) is 16.9. The number of hydrogen-bond donors (Lipinski definition) is 2. The zero-order valence-electron chi connectivity index (χ0n) is 18.8. The summed E-state index contributed by atoms with van der Waals surface area (Å²) in [5.74, 6) is -0.711. The van der Waals surface area contributed by atoms with Crippen molar-refractivity contribution in [3.05, 3.63) is 98.1 Å². The summed E-state index contributed by atoms with van der Waals surface area (Å²) < 4.78 is 0. The second kappa shape index (κ2) is 9.38. The first-order valence-electron chi connectivity index (χ1n) is 11.4. The minimum absolute atomic E-state index is 0.0435. The second-order valence-corrected chi connectivity index (χ2v) is 9.20. The molecule has 2 aliphatic rings. The minimum atomic E-state index is -0.634. The molecule has 1 saturated carbocycles. The Morgan fingerprint density at radius 2 is 1.77 bits per heavy atom. The minimum Gasteiger partial charge on any atom is -0.366 e. The highest BCUT2D eigenvalue weighted by molar-refractivity contribution is 6.32. The van der Waals surface area contributed by atoms with Crippen LogP contribution in [0.25, 0.3) is 0 Å². The average molecular weight is 491 g/mol. The largest absolute Gasteiger partial charge is 0.366 e. The van der Waals surface area contributed by atoms with Gasteiger partial charge in [-0.25, -0.2) is 0 Å². The molecular formula is C26H23ClN4O4. The first-order valence-corrected chi connectivity index (χ1v) is 11.8. The molecule has 2 N–H and O–H groups in total. The molecule has 1 aliphatic heterocycles. The van der Waals surface area contributed by atoms with Gasteiger partial charge in [0.1, 0.15) is 5.02 Å². The summed E-state index contributed by atoms with van der Waals surface area (Å²) in [6.07, 6.45) is 2.81. The number of hydrogen-bond acceptors (Lipinski definition) is 5. The van der Waals surface area contributed by atoms with Crippen molar-refractivity contribution in [3.63, 3.8) is 0 Å². The Kier molecular flexibility index (Phi) is 6.13. The molecule has 9 heteroatoms. The summed E-state index contributed by atoms with van der Waals surface area (Å²) in [4.78, 5) is 38.7. The highest BCUT2D eigenvalue weighted by Crippen LogP contribution is 2.31. The zero-order chi connectivity index (χ0) is 24.5. The molecule has 0 aromatic heterocycles. The van der Waals surface area contributed by atoms with Gasteiger partial charge in [0.2, 0.25) is 0 Å². The van der Waals surface area contributed by atoms with E-state index >= 15 is 0 Å². The molecule has 0 unspecified atom stereocenters. The van der Waals surface area contributed by atoms with E-state index in [9.17, 15) is 19.7 Å². The van der Waals surface area contributed by atoms with Crippen LogP contribution < -0.4 is 15.5 Å². The third-order valence-electron chi connectivity index (χ3n) is 6.29. The van der Waals surface area contributed by atoms with Gasteiger partial charge in [-0.05, 0) is 60.7 Å². The van der Waals surface area contributed by atoms with E-state index in [0.717, 1.165) is 37.6 Å². The quantitative estimate of drug-likeness (QED) is 0.375. The lowest BCUT2D eigenvalue weighted by atomic mass is 9.98. The molecule has 1 heterocycles. The maximum atomic E-state index is 13.1. The Bertz CT molecular complexity index is 1340. The SMILES string of the molecule is O=C(Nc1ccc(N2CCc3ccccc3C2)c(C(=O)NC2CC2)c1)c1ccc(Cl)c([N+](=O)[O-])c1. The molecule has 1 fully saturated rings. The monoisotopic (exact) mass is 490 g/mol. The molecular weight excluding hydrogens is 468 g/mol. The molecule has 3 aromatic carbocycles. The van der Waals surface area contributed by atoms with Crippen LogP contribution in [0.5, 0.6) is 0 Å². The van der Waals surface area contributed by atoms with Crippen molar-refractivity contribution in [2.45, 2.75) is 31.8 Å². The highest BCUT2D eigenvalue weighted by Gasteiger charge is 2.27. The average Bonchev–Trinajstić information content (AvgIpc) is 3.67. The number of benzene rings is 3. The van der Waals surface area contributed by atoms with Crippen molar-refractivity contribution in [2.24, 2.45) is 0 Å². The lowest BCUT2D eigenvalue weighted by Gasteiger charge is -2.32. The van der Waals surface area contributed by atoms with Crippen molar-refractivity contribution < 1.29 is 14.5 Å². The van der Waals surface area contributed by atoms with Gasteiger partial charge in [0.15, 0.2) is 0 Å². The molecule has 0 saturated heterocycles. The fourth-order valence-corrected chi connectivity index (χ4v) is 4.45. The molecule has 5 rings (SSSR count). The number of carbonyl (C=O) groups is 2. The number of anilines is 2.